The topological polar surface area (TPSA) is 98.5 Å². The minimum atomic E-state index is -0.163. The minimum absolute atomic E-state index is 0.163. The van der Waals surface area contributed by atoms with Gasteiger partial charge in [0.05, 0.1) is 21.9 Å². The third-order valence-corrected chi connectivity index (χ3v) is 2.89. The molecule has 0 bridgehead atoms. The van der Waals surface area contributed by atoms with Crippen molar-refractivity contribution in [2.24, 2.45) is 0 Å². The van der Waals surface area contributed by atoms with Gasteiger partial charge in [0.25, 0.3) is 5.56 Å². The first-order chi connectivity index (χ1) is 9.21. The van der Waals surface area contributed by atoms with Crippen LogP contribution in [0.5, 0.6) is 0 Å². The summed E-state index contributed by atoms with van der Waals surface area (Å²) in [4.78, 5) is 26.5. The Morgan fingerprint density at radius 2 is 1.95 bits per heavy atom. The average molecular weight is 258 g/mol. The normalized spacial score (nSPS) is 11.1. The first-order valence-electron chi connectivity index (χ1n) is 6.06. The molecule has 0 fully saturated rings. The number of anilines is 2. The average Bonchev–Trinajstić information content (AvgIpc) is 2.79. The molecule has 1 aromatic carbocycles. The minimum Gasteiger partial charge on any atom is -0.359 e. The van der Waals surface area contributed by atoms with Crippen LogP contribution in [0.15, 0.2) is 16.9 Å². The molecule has 7 heteroatoms. The molecule has 4 N–H and O–H groups in total. The van der Waals surface area contributed by atoms with Gasteiger partial charge in [-0.2, -0.15) is 0 Å². The molecule has 0 atom stereocenters. The summed E-state index contributed by atoms with van der Waals surface area (Å²) >= 11 is 0. The Hall–Kier alpha value is -2.57. The second-order valence-electron chi connectivity index (χ2n) is 4.17. The van der Waals surface area contributed by atoms with Gasteiger partial charge in [0.15, 0.2) is 0 Å². The molecule has 0 spiro atoms. The molecule has 2 aromatic heterocycles. The molecule has 0 radical (unpaired) electrons. The Morgan fingerprint density at radius 3 is 2.68 bits per heavy atom. The Balaban J connectivity index is 2.29. The van der Waals surface area contributed by atoms with Crippen LogP contribution in [0.25, 0.3) is 21.9 Å². The Labute approximate surface area is 108 Å². The number of fused-ring (bicyclic) bond motifs is 2. The smallest absolute Gasteiger partial charge is 0.260 e. The number of aromatic amines is 2. The van der Waals surface area contributed by atoms with E-state index < -0.39 is 0 Å². The summed E-state index contributed by atoms with van der Waals surface area (Å²) in [6, 6.07) is 3.57. The number of nitrogens with one attached hydrogen (secondary N) is 4. The van der Waals surface area contributed by atoms with E-state index in [0.717, 1.165) is 11.0 Å². The second kappa shape index (κ2) is 4.27. The third-order valence-electron chi connectivity index (χ3n) is 2.89. The molecule has 7 nitrogen and oxygen atoms in total. The van der Waals surface area contributed by atoms with Crippen LogP contribution < -0.4 is 16.2 Å². The molecule has 98 valence electrons. The van der Waals surface area contributed by atoms with Crippen molar-refractivity contribution >= 4 is 33.8 Å². The van der Waals surface area contributed by atoms with Gasteiger partial charge in [-0.25, -0.2) is 9.97 Å². The van der Waals surface area contributed by atoms with Crippen LogP contribution in [0.3, 0.4) is 0 Å². The standard InChI is InChI=1S/C12H14N6O/c1-3-14-12-15-7-5-9-8(16-11(13-2)17-9)4-6(7)10(19)18-12/h4-5H,3H2,1-2H3,(H2,13,16,17)(H2,14,15,18,19). The number of nitrogens with zero attached hydrogens (tertiary/aromatic N) is 2. The van der Waals surface area contributed by atoms with Gasteiger partial charge in [-0.05, 0) is 19.1 Å². The molecule has 0 amide bonds. The van der Waals surface area contributed by atoms with E-state index in [1.165, 1.54) is 0 Å². The number of H-pyrrole nitrogens is 2. The van der Waals surface area contributed by atoms with Crippen molar-refractivity contribution in [1.82, 2.24) is 19.9 Å². The zero-order valence-corrected chi connectivity index (χ0v) is 10.7. The van der Waals surface area contributed by atoms with E-state index in [-0.39, 0.29) is 5.56 Å². The van der Waals surface area contributed by atoms with Crippen LogP contribution in [-0.2, 0) is 0 Å². The molecule has 19 heavy (non-hydrogen) atoms. The van der Waals surface area contributed by atoms with E-state index in [1.54, 1.807) is 19.2 Å². The number of aromatic nitrogens is 4. The predicted molar refractivity (Wildman–Crippen MR) is 75.7 cm³/mol. The highest BCUT2D eigenvalue weighted by Crippen LogP contribution is 2.19. The summed E-state index contributed by atoms with van der Waals surface area (Å²) in [5.41, 5.74) is 2.04. The maximum absolute atomic E-state index is 12.0. The van der Waals surface area contributed by atoms with E-state index in [9.17, 15) is 4.79 Å². The van der Waals surface area contributed by atoms with Crippen LogP contribution in [0.4, 0.5) is 11.9 Å². The van der Waals surface area contributed by atoms with E-state index >= 15 is 0 Å². The zero-order valence-electron chi connectivity index (χ0n) is 10.7. The highest BCUT2D eigenvalue weighted by molar-refractivity contribution is 5.93. The largest absolute Gasteiger partial charge is 0.359 e. The Morgan fingerprint density at radius 1 is 1.16 bits per heavy atom. The summed E-state index contributed by atoms with van der Waals surface area (Å²) < 4.78 is 0. The molecule has 0 aliphatic heterocycles. The van der Waals surface area contributed by atoms with Gasteiger partial charge in [-0.3, -0.25) is 9.78 Å². The number of imidazole rings is 1. The van der Waals surface area contributed by atoms with Crippen molar-refractivity contribution in [3.05, 3.63) is 22.5 Å². The SMILES string of the molecule is CCNc1nc2cc3nc(NC)[nH]c3cc2c(=O)[nH]1. The lowest BCUT2D eigenvalue weighted by molar-refractivity contribution is 1.09. The quantitative estimate of drug-likeness (QED) is 0.567. The molecule has 0 aliphatic rings. The molecular formula is C12H14N6O. The lowest BCUT2D eigenvalue weighted by Gasteiger charge is -2.03. The van der Waals surface area contributed by atoms with Crippen molar-refractivity contribution in [3.8, 4) is 0 Å². The van der Waals surface area contributed by atoms with Crippen molar-refractivity contribution < 1.29 is 0 Å². The maximum Gasteiger partial charge on any atom is 0.260 e. The van der Waals surface area contributed by atoms with Gasteiger partial charge in [0.2, 0.25) is 11.9 Å². The maximum atomic E-state index is 12.0. The van der Waals surface area contributed by atoms with Crippen LogP contribution >= 0.6 is 0 Å². The van der Waals surface area contributed by atoms with Gasteiger partial charge in [0.1, 0.15) is 0 Å². The Kier molecular flexibility index (Phi) is 2.59. The summed E-state index contributed by atoms with van der Waals surface area (Å²) in [7, 11) is 1.78. The molecule has 2 heterocycles. The van der Waals surface area contributed by atoms with E-state index in [4.69, 9.17) is 0 Å². The summed E-state index contributed by atoms with van der Waals surface area (Å²) in [5.74, 6) is 1.14. The van der Waals surface area contributed by atoms with Crippen molar-refractivity contribution in [2.45, 2.75) is 6.92 Å². The number of benzene rings is 1. The molecule has 3 aromatic rings. The fourth-order valence-electron chi connectivity index (χ4n) is 2.01. The van der Waals surface area contributed by atoms with Crippen molar-refractivity contribution in [3.63, 3.8) is 0 Å². The van der Waals surface area contributed by atoms with Crippen LogP contribution in [0.1, 0.15) is 6.92 Å². The number of rotatable bonds is 3. The van der Waals surface area contributed by atoms with Gasteiger partial charge < -0.3 is 15.6 Å². The molecular weight excluding hydrogens is 244 g/mol. The van der Waals surface area contributed by atoms with E-state index in [0.29, 0.717) is 29.3 Å². The molecule has 0 saturated heterocycles. The molecule has 0 aliphatic carbocycles. The van der Waals surface area contributed by atoms with Gasteiger partial charge in [-0.1, -0.05) is 0 Å². The zero-order chi connectivity index (χ0) is 13.4. The van der Waals surface area contributed by atoms with Crippen LogP contribution in [-0.4, -0.2) is 33.5 Å². The van der Waals surface area contributed by atoms with Crippen LogP contribution in [0, 0.1) is 0 Å². The summed E-state index contributed by atoms with van der Waals surface area (Å²) in [6.45, 7) is 2.64. The highest BCUT2D eigenvalue weighted by atomic mass is 16.1. The fraction of sp³-hybridized carbons (Fsp3) is 0.250. The number of hydrogen-bond acceptors (Lipinski definition) is 5. The first-order valence-corrected chi connectivity index (χ1v) is 6.06. The Bertz CT molecular complexity index is 803. The summed E-state index contributed by atoms with van der Waals surface area (Å²) in [6.07, 6.45) is 0. The monoisotopic (exact) mass is 258 g/mol. The molecule has 3 rings (SSSR count). The van der Waals surface area contributed by atoms with E-state index in [1.807, 2.05) is 6.92 Å². The molecule has 0 unspecified atom stereocenters. The lowest BCUT2D eigenvalue weighted by atomic mass is 10.2. The van der Waals surface area contributed by atoms with Crippen LogP contribution in [0.2, 0.25) is 0 Å². The highest BCUT2D eigenvalue weighted by Gasteiger charge is 2.08. The number of hydrogen-bond donors (Lipinski definition) is 4. The first kappa shape index (κ1) is 11.5. The summed E-state index contributed by atoms with van der Waals surface area (Å²) in [5, 5.41) is 6.47. The van der Waals surface area contributed by atoms with Crippen molar-refractivity contribution in [2.75, 3.05) is 24.2 Å². The van der Waals surface area contributed by atoms with Gasteiger partial charge in [0, 0.05) is 13.6 Å². The van der Waals surface area contributed by atoms with Gasteiger partial charge >= 0.3 is 0 Å². The van der Waals surface area contributed by atoms with E-state index in [2.05, 4.69) is 30.6 Å². The van der Waals surface area contributed by atoms with Gasteiger partial charge in [-0.15, -0.1) is 0 Å². The lowest BCUT2D eigenvalue weighted by Crippen LogP contribution is -2.12. The second-order valence-corrected chi connectivity index (χ2v) is 4.17. The fourth-order valence-corrected chi connectivity index (χ4v) is 2.01. The van der Waals surface area contributed by atoms with Crippen molar-refractivity contribution in [1.29, 1.82) is 0 Å². The molecule has 0 saturated carbocycles. The predicted octanol–water partition coefficient (Wildman–Crippen LogP) is 1.27. The third kappa shape index (κ3) is 1.88.